The summed E-state index contributed by atoms with van der Waals surface area (Å²) in [6.45, 7) is 1.50. The lowest BCUT2D eigenvalue weighted by Crippen LogP contribution is -2.45. The van der Waals surface area contributed by atoms with Crippen molar-refractivity contribution >= 4 is 23.6 Å². The van der Waals surface area contributed by atoms with Crippen molar-refractivity contribution in [1.82, 2.24) is 10.4 Å². The molecule has 0 aliphatic carbocycles. The van der Waals surface area contributed by atoms with Crippen LogP contribution in [0.1, 0.15) is 84.0 Å². The molecule has 0 aromatic heterocycles. The zero-order chi connectivity index (χ0) is 34.0. The maximum atomic E-state index is 11.9. The lowest BCUT2D eigenvalue weighted by atomic mass is 9.92. The third-order valence-corrected chi connectivity index (χ3v) is 6.99. The number of carboxylic acids is 1. The molecule has 0 heterocycles. The van der Waals surface area contributed by atoms with Gasteiger partial charge in [0.25, 0.3) is 5.91 Å². The number of hydroxylamine groups is 2. The van der Waals surface area contributed by atoms with E-state index >= 15 is 0 Å². The van der Waals surface area contributed by atoms with Crippen LogP contribution in [0.4, 0.5) is 0 Å². The molecule has 0 saturated carbocycles. The Morgan fingerprint density at radius 1 is 0.844 bits per heavy atom. The summed E-state index contributed by atoms with van der Waals surface area (Å²) in [4.78, 5) is 34.1. The van der Waals surface area contributed by atoms with Gasteiger partial charge in [0.1, 0.15) is 6.54 Å². The molecule has 45 heavy (non-hydrogen) atoms. The second-order valence-corrected chi connectivity index (χ2v) is 11.1. The number of hydrogen-bond donors (Lipinski definition) is 9. The molecule has 0 saturated heterocycles. The number of aliphatic carboxylic acids is 1. The summed E-state index contributed by atoms with van der Waals surface area (Å²) < 4.78 is 0. The molecule has 5 unspecified atom stereocenters. The molecule has 0 aliphatic heterocycles. The quantitative estimate of drug-likeness (QED) is 0.0166. The minimum atomic E-state index is -1.89. The highest BCUT2D eigenvalue weighted by molar-refractivity contribution is 5.89. The smallest absolute Gasteiger partial charge is 0.322 e. The third-order valence-electron chi connectivity index (χ3n) is 6.99. The molecule has 0 aliphatic rings. The monoisotopic (exact) mass is 638 g/mol. The molecule has 0 aromatic carbocycles. The summed E-state index contributed by atoms with van der Waals surface area (Å²) in [5.74, 6) is -2.74. The van der Waals surface area contributed by atoms with Crippen LogP contribution in [-0.2, 0) is 14.4 Å². The van der Waals surface area contributed by atoms with Gasteiger partial charge in [0.2, 0.25) is 5.96 Å². The Morgan fingerprint density at radius 2 is 1.42 bits per heavy atom. The van der Waals surface area contributed by atoms with Gasteiger partial charge in [0.15, 0.2) is 11.9 Å². The summed E-state index contributed by atoms with van der Waals surface area (Å²) in [5, 5.41) is 67.8. The predicted octanol–water partition coefficient (Wildman–Crippen LogP) is 2.33. The van der Waals surface area contributed by atoms with Crippen LogP contribution in [0.15, 0.2) is 48.6 Å². The fourth-order valence-electron chi connectivity index (χ4n) is 4.19. The third kappa shape index (κ3) is 23.7. The zero-order valence-electron chi connectivity index (χ0n) is 26.3. The summed E-state index contributed by atoms with van der Waals surface area (Å²) in [6.07, 6.45) is 17.1. The summed E-state index contributed by atoms with van der Waals surface area (Å²) in [5.41, 5.74) is 5.15. The molecule has 10 N–H and O–H groups in total. The Balaban J connectivity index is 3.97. The maximum absolute atomic E-state index is 11.9. The first kappa shape index (κ1) is 41.6. The number of aliphatic hydroxyl groups is 4. The van der Waals surface area contributed by atoms with Crippen molar-refractivity contribution in [3.05, 3.63) is 48.6 Å². The first-order valence-electron chi connectivity index (χ1n) is 15.5. The first-order valence-corrected chi connectivity index (χ1v) is 15.5. The molecule has 0 fully saturated rings. The SMILES string of the molecule is CC(CCC/C=C/C=C/CCCC(=O)/C=C/C=C/CCCCCN(O)C(=N)N)C(O)CC(O)CC(O)C(O)C(=O)NCC(=O)O. The average molecular weight is 639 g/mol. The van der Waals surface area contributed by atoms with E-state index in [1.807, 2.05) is 48.7 Å². The van der Waals surface area contributed by atoms with Crippen LogP contribution in [0.2, 0.25) is 0 Å². The molecule has 0 rings (SSSR count). The number of nitrogens with two attached hydrogens (primary N) is 1. The van der Waals surface area contributed by atoms with Crippen molar-refractivity contribution in [3.63, 3.8) is 0 Å². The highest BCUT2D eigenvalue weighted by Crippen LogP contribution is 2.19. The van der Waals surface area contributed by atoms with Crippen molar-refractivity contribution in [1.29, 1.82) is 5.41 Å². The van der Waals surface area contributed by atoms with Gasteiger partial charge in [0, 0.05) is 19.4 Å². The van der Waals surface area contributed by atoms with Crippen LogP contribution in [0.3, 0.4) is 0 Å². The summed E-state index contributed by atoms with van der Waals surface area (Å²) >= 11 is 0. The van der Waals surface area contributed by atoms with E-state index in [-0.39, 0.29) is 30.5 Å². The number of nitrogens with zero attached hydrogens (tertiary/aromatic N) is 1. The number of allylic oxidation sites excluding steroid dienone is 8. The second kappa shape index (κ2) is 25.9. The normalized spacial score (nSPS) is 15.4. The number of rotatable bonds is 26. The van der Waals surface area contributed by atoms with Gasteiger partial charge in [-0.05, 0) is 69.8 Å². The minimum absolute atomic E-state index is 0.0358. The Kier molecular flexibility index (Phi) is 24.0. The lowest BCUT2D eigenvalue weighted by Gasteiger charge is -2.24. The molecule has 256 valence electrons. The number of amides is 1. The van der Waals surface area contributed by atoms with Crippen LogP contribution < -0.4 is 11.1 Å². The molecular weight excluding hydrogens is 584 g/mol. The van der Waals surface area contributed by atoms with Gasteiger partial charge in [-0.1, -0.05) is 55.9 Å². The van der Waals surface area contributed by atoms with Gasteiger partial charge in [-0.2, -0.15) is 0 Å². The number of guanidine groups is 1. The number of unbranched alkanes of at least 4 members (excludes halogenated alkanes) is 5. The van der Waals surface area contributed by atoms with E-state index in [0.29, 0.717) is 19.4 Å². The van der Waals surface area contributed by atoms with Crippen LogP contribution >= 0.6 is 0 Å². The number of carboxylic acid groups (broad SMARTS) is 1. The van der Waals surface area contributed by atoms with Crippen molar-refractivity contribution in [3.8, 4) is 0 Å². The van der Waals surface area contributed by atoms with E-state index in [9.17, 15) is 40.0 Å². The number of ketones is 1. The van der Waals surface area contributed by atoms with Crippen LogP contribution in [0, 0.1) is 11.3 Å². The molecular formula is C32H54N4O9. The Labute approximate surface area is 266 Å². The van der Waals surface area contributed by atoms with E-state index in [0.717, 1.165) is 56.4 Å². The Morgan fingerprint density at radius 3 is 2.04 bits per heavy atom. The fourth-order valence-corrected chi connectivity index (χ4v) is 4.19. The van der Waals surface area contributed by atoms with Gasteiger partial charge >= 0.3 is 5.97 Å². The van der Waals surface area contributed by atoms with E-state index in [2.05, 4.69) is 0 Å². The highest BCUT2D eigenvalue weighted by atomic mass is 16.5. The van der Waals surface area contributed by atoms with Crippen LogP contribution in [0.25, 0.3) is 0 Å². The van der Waals surface area contributed by atoms with Gasteiger partial charge in [-0.3, -0.25) is 25.0 Å². The minimum Gasteiger partial charge on any atom is -0.480 e. The number of carbonyl (C=O) groups excluding carboxylic acids is 2. The standard InChI is InChI=1S/C32H54N4O9/c1-24(27(39)21-26(38)22-28(40)30(43)31(44)35-23-29(41)42)17-13-9-5-2-3-6-10-14-18-25(37)19-15-11-7-4-8-12-16-20-36(45)32(33)34/h2-3,5-7,11,15,19,24,26-28,30,38-40,43,45H,4,8-10,12-14,16-18,20-23H2,1H3,(H3,33,34)(H,35,44)(H,41,42)/b5-2+,6-3+,11-7+,19-15+. The van der Waals surface area contributed by atoms with E-state index in [1.165, 1.54) is 0 Å². The number of carbonyl (C=O) groups is 3. The molecule has 0 radical (unpaired) electrons. The van der Waals surface area contributed by atoms with Gasteiger partial charge in [-0.25, -0.2) is 5.06 Å². The Bertz CT molecular complexity index is 984. The maximum Gasteiger partial charge on any atom is 0.322 e. The van der Waals surface area contributed by atoms with E-state index < -0.39 is 42.8 Å². The summed E-state index contributed by atoms with van der Waals surface area (Å²) in [7, 11) is 0. The number of nitrogens with one attached hydrogen (secondary N) is 2. The topological polar surface area (TPSA) is 238 Å². The number of aliphatic hydroxyl groups excluding tert-OH is 4. The fraction of sp³-hybridized carbons (Fsp3) is 0.625. The molecule has 0 bridgehead atoms. The average Bonchev–Trinajstić information content (AvgIpc) is 2.98. The second-order valence-electron chi connectivity index (χ2n) is 11.1. The molecule has 13 nitrogen and oxygen atoms in total. The zero-order valence-corrected chi connectivity index (χ0v) is 26.3. The summed E-state index contributed by atoms with van der Waals surface area (Å²) in [6, 6.07) is 0. The van der Waals surface area contributed by atoms with E-state index in [4.69, 9.17) is 16.2 Å². The molecule has 0 aromatic rings. The van der Waals surface area contributed by atoms with E-state index in [1.54, 1.807) is 12.2 Å². The lowest BCUT2D eigenvalue weighted by molar-refractivity contribution is -0.142. The van der Waals surface area contributed by atoms with Crippen molar-refractivity contribution < 1.29 is 45.1 Å². The molecule has 0 spiro atoms. The predicted molar refractivity (Wildman–Crippen MR) is 171 cm³/mol. The largest absolute Gasteiger partial charge is 0.480 e. The van der Waals surface area contributed by atoms with Crippen LogP contribution in [-0.4, -0.2) is 96.9 Å². The highest BCUT2D eigenvalue weighted by Gasteiger charge is 2.28. The molecule has 1 amide bonds. The van der Waals surface area contributed by atoms with Crippen molar-refractivity contribution in [2.24, 2.45) is 11.7 Å². The molecule has 13 heteroatoms. The molecule has 5 atom stereocenters. The van der Waals surface area contributed by atoms with Gasteiger partial charge in [0.05, 0.1) is 18.3 Å². The van der Waals surface area contributed by atoms with Gasteiger partial charge < -0.3 is 36.6 Å². The van der Waals surface area contributed by atoms with Crippen LogP contribution in [0.5, 0.6) is 0 Å². The van der Waals surface area contributed by atoms with Crippen molar-refractivity contribution in [2.45, 2.75) is 108 Å². The van der Waals surface area contributed by atoms with Gasteiger partial charge in [-0.15, -0.1) is 0 Å². The van der Waals surface area contributed by atoms with Crippen molar-refractivity contribution in [2.75, 3.05) is 13.1 Å². The first-order chi connectivity index (χ1) is 21.3. The number of hydrogen-bond acceptors (Lipinski definition) is 9. The Hall–Kier alpha value is -3.36.